The van der Waals surface area contributed by atoms with Crippen LogP contribution in [-0.2, 0) is 6.42 Å². The van der Waals surface area contributed by atoms with Gasteiger partial charge in [-0.3, -0.25) is 9.79 Å². The Hall–Kier alpha value is -3.29. The predicted molar refractivity (Wildman–Crippen MR) is 116 cm³/mol. The second-order valence-corrected chi connectivity index (χ2v) is 7.40. The summed E-state index contributed by atoms with van der Waals surface area (Å²) in [6, 6.07) is 7.56. The number of fused-ring (bicyclic) bond motifs is 1. The summed E-state index contributed by atoms with van der Waals surface area (Å²) in [5.74, 6) is 1.23. The van der Waals surface area contributed by atoms with Gasteiger partial charge in [0.1, 0.15) is 5.65 Å². The number of furan rings is 1. The van der Waals surface area contributed by atoms with Gasteiger partial charge >= 0.3 is 0 Å². The molecule has 1 amide bonds. The Labute approximate surface area is 176 Å². The fraction of sp³-hybridized carbons (Fsp3) is 0.409. The van der Waals surface area contributed by atoms with Crippen molar-refractivity contribution in [1.29, 1.82) is 0 Å². The van der Waals surface area contributed by atoms with Crippen LogP contribution in [0.3, 0.4) is 0 Å². The molecule has 3 aromatic rings. The number of hydrogen-bond acceptors (Lipinski definition) is 4. The molecule has 0 aromatic carbocycles. The first-order valence-corrected chi connectivity index (χ1v) is 10.4. The van der Waals surface area contributed by atoms with E-state index in [1.807, 2.05) is 17.2 Å². The Morgan fingerprint density at radius 1 is 1.20 bits per heavy atom. The quantitative estimate of drug-likeness (QED) is 0.517. The molecule has 0 aliphatic carbocycles. The lowest BCUT2D eigenvalue weighted by atomic mass is 10.3. The van der Waals surface area contributed by atoms with E-state index in [4.69, 9.17) is 14.4 Å². The number of nitrogens with one attached hydrogen (secondary N) is 1. The molecule has 1 N–H and O–H groups in total. The second-order valence-electron chi connectivity index (χ2n) is 7.40. The van der Waals surface area contributed by atoms with Crippen LogP contribution >= 0.6 is 0 Å². The van der Waals surface area contributed by atoms with Gasteiger partial charge in [0.25, 0.3) is 5.91 Å². The number of carbonyl (C=O) groups excluding carboxylic acids is 1. The first-order chi connectivity index (χ1) is 14.7. The summed E-state index contributed by atoms with van der Waals surface area (Å²) in [5.41, 5.74) is 3.21. The number of imidazole rings is 1. The average Bonchev–Trinajstić information content (AvgIpc) is 3.43. The molecule has 0 atom stereocenters. The van der Waals surface area contributed by atoms with E-state index in [2.05, 4.69) is 40.7 Å². The highest BCUT2D eigenvalue weighted by molar-refractivity contribution is 5.91. The van der Waals surface area contributed by atoms with Crippen molar-refractivity contribution in [3.05, 3.63) is 59.9 Å². The molecule has 0 spiro atoms. The molecular formula is C22H28N6O2. The summed E-state index contributed by atoms with van der Waals surface area (Å²) in [7, 11) is 0. The highest BCUT2D eigenvalue weighted by Crippen LogP contribution is 2.11. The summed E-state index contributed by atoms with van der Waals surface area (Å²) in [6.45, 7) is 8.39. The second kappa shape index (κ2) is 9.02. The van der Waals surface area contributed by atoms with E-state index in [1.165, 1.54) is 11.8 Å². The molecule has 1 saturated heterocycles. The number of carbonyl (C=O) groups is 1. The van der Waals surface area contributed by atoms with Gasteiger partial charge in [0, 0.05) is 58.1 Å². The number of amides is 1. The molecule has 0 bridgehead atoms. The van der Waals surface area contributed by atoms with Crippen LogP contribution in [0.2, 0.25) is 0 Å². The SMILES string of the molecule is CCNC(=NCCc1cn2cccc(C)c2n1)N1CCN(C(=O)c2ccco2)CC1. The van der Waals surface area contributed by atoms with Gasteiger partial charge in [-0.15, -0.1) is 0 Å². The molecule has 4 rings (SSSR count). The number of aliphatic imine (C=N–C) groups is 1. The van der Waals surface area contributed by atoms with Crippen LogP contribution in [0.15, 0.2) is 52.3 Å². The van der Waals surface area contributed by atoms with Crippen molar-refractivity contribution < 1.29 is 9.21 Å². The first-order valence-electron chi connectivity index (χ1n) is 10.4. The van der Waals surface area contributed by atoms with Gasteiger partial charge in [0.05, 0.1) is 12.0 Å². The molecule has 8 heteroatoms. The third kappa shape index (κ3) is 4.32. The number of pyridine rings is 1. The third-order valence-electron chi connectivity index (χ3n) is 5.29. The summed E-state index contributed by atoms with van der Waals surface area (Å²) >= 11 is 0. The number of aryl methyl sites for hydroxylation is 1. The Balaban J connectivity index is 1.35. The Morgan fingerprint density at radius 3 is 2.70 bits per heavy atom. The van der Waals surface area contributed by atoms with Crippen LogP contribution in [0.25, 0.3) is 5.65 Å². The van der Waals surface area contributed by atoms with E-state index >= 15 is 0 Å². The standard InChI is InChI=1S/C22H28N6O2/c1-3-23-22(24-9-8-18-16-28-10-4-6-17(2)20(28)25-18)27-13-11-26(12-14-27)21(29)19-7-5-15-30-19/h4-7,10,15-16H,3,8-9,11-14H2,1-2H3,(H,23,24). The smallest absolute Gasteiger partial charge is 0.289 e. The minimum atomic E-state index is -0.0521. The van der Waals surface area contributed by atoms with Crippen LogP contribution < -0.4 is 5.32 Å². The number of hydrogen-bond donors (Lipinski definition) is 1. The van der Waals surface area contributed by atoms with Crippen molar-refractivity contribution in [2.75, 3.05) is 39.3 Å². The van der Waals surface area contributed by atoms with E-state index < -0.39 is 0 Å². The maximum Gasteiger partial charge on any atom is 0.289 e. The Morgan fingerprint density at radius 2 is 2.00 bits per heavy atom. The predicted octanol–water partition coefficient (Wildman–Crippen LogP) is 2.20. The largest absolute Gasteiger partial charge is 0.459 e. The highest BCUT2D eigenvalue weighted by Gasteiger charge is 2.25. The third-order valence-corrected chi connectivity index (χ3v) is 5.29. The monoisotopic (exact) mass is 408 g/mol. The molecule has 1 fully saturated rings. The fourth-order valence-electron chi connectivity index (χ4n) is 3.70. The average molecular weight is 409 g/mol. The van der Waals surface area contributed by atoms with Crippen LogP contribution in [0, 0.1) is 6.92 Å². The van der Waals surface area contributed by atoms with Gasteiger partial charge < -0.3 is 23.9 Å². The number of rotatable bonds is 5. The van der Waals surface area contributed by atoms with Crippen LogP contribution in [0.1, 0.15) is 28.7 Å². The van der Waals surface area contributed by atoms with Gasteiger partial charge in [-0.2, -0.15) is 0 Å². The Kier molecular flexibility index (Phi) is 6.02. The Bertz CT molecular complexity index is 1020. The topological polar surface area (TPSA) is 78.4 Å². The first kappa shape index (κ1) is 20.0. The molecule has 158 valence electrons. The van der Waals surface area contributed by atoms with E-state index in [0.717, 1.165) is 43.4 Å². The van der Waals surface area contributed by atoms with Gasteiger partial charge in [-0.1, -0.05) is 6.07 Å². The van der Waals surface area contributed by atoms with Gasteiger partial charge in [0.2, 0.25) is 0 Å². The summed E-state index contributed by atoms with van der Waals surface area (Å²) < 4.78 is 7.30. The minimum Gasteiger partial charge on any atom is -0.459 e. The molecule has 0 saturated carbocycles. The van der Waals surface area contributed by atoms with Crippen LogP contribution in [0.5, 0.6) is 0 Å². The zero-order valence-corrected chi connectivity index (χ0v) is 17.5. The van der Waals surface area contributed by atoms with Gasteiger partial charge in [0.15, 0.2) is 11.7 Å². The van der Waals surface area contributed by atoms with Gasteiger partial charge in [-0.25, -0.2) is 4.98 Å². The zero-order chi connectivity index (χ0) is 20.9. The molecule has 3 aromatic heterocycles. The molecule has 0 unspecified atom stereocenters. The van der Waals surface area contributed by atoms with Crippen molar-refractivity contribution in [3.63, 3.8) is 0 Å². The molecule has 1 aliphatic heterocycles. The molecule has 1 aliphatic rings. The molecular weight excluding hydrogens is 380 g/mol. The fourth-order valence-corrected chi connectivity index (χ4v) is 3.70. The number of piperazine rings is 1. The molecule has 30 heavy (non-hydrogen) atoms. The van der Waals surface area contributed by atoms with E-state index in [1.54, 1.807) is 12.1 Å². The van der Waals surface area contributed by atoms with E-state index in [0.29, 0.717) is 25.4 Å². The molecule has 0 radical (unpaired) electrons. The van der Waals surface area contributed by atoms with Crippen LogP contribution in [-0.4, -0.2) is 70.3 Å². The summed E-state index contributed by atoms with van der Waals surface area (Å²) in [6.07, 6.45) is 6.41. The number of aromatic nitrogens is 2. The number of guanidine groups is 1. The lowest BCUT2D eigenvalue weighted by Crippen LogP contribution is -2.53. The lowest BCUT2D eigenvalue weighted by Gasteiger charge is -2.36. The van der Waals surface area contributed by atoms with Crippen LogP contribution in [0.4, 0.5) is 0 Å². The minimum absolute atomic E-state index is 0.0521. The zero-order valence-electron chi connectivity index (χ0n) is 17.5. The van der Waals surface area contributed by atoms with Crippen molar-refractivity contribution in [2.24, 2.45) is 4.99 Å². The normalized spacial score (nSPS) is 15.1. The maximum atomic E-state index is 12.4. The van der Waals surface area contributed by atoms with Crippen molar-refractivity contribution >= 4 is 17.5 Å². The maximum absolute atomic E-state index is 12.4. The van der Waals surface area contributed by atoms with Crippen molar-refractivity contribution in [3.8, 4) is 0 Å². The molecule has 4 heterocycles. The van der Waals surface area contributed by atoms with E-state index in [9.17, 15) is 4.79 Å². The van der Waals surface area contributed by atoms with E-state index in [-0.39, 0.29) is 5.91 Å². The molecule has 8 nitrogen and oxygen atoms in total. The van der Waals surface area contributed by atoms with Crippen molar-refractivity contribution in [1.82, 2.24) is 24.5 Å². The van der Waals surface area contributed by atoms with Crippen molar-refractivity contribution in [2.45, 2.75) is 20.3 Å². The summed E-state index contributed by atoms with van der Waals surface area (Å²) in [5, 5.41) is 3.37. The number of nitrogens with zero attached hydrogens (tertiary/aromatic N) is 5. The highest BCUT2D eigenvalue weighted by atomic mass is 16.3. The summed E-state index contributed by atoms with van der Waals surface area (Å²) in [4.78, 5) is 26.0. The lowest BCUT2D eigenvalue weighted by molar-refractivity contribution is 0.0657. The van der Waals surface area contributed by atoms with Gasteiger partial charge in [-0.05, 0) is 37.6 Å².